The molecule has 12 heavy (non-hydrogen) atoms. The van der Waals surface area contributed by atoms with Gasteiger partial charge >= 0.3 is 29.6 Å². The Kier molecular flexibility index (Phi) is 4.80. The maximum atomic E-state index is 10.2. The predicted octanol–water partition coefficient (Wildman–Crippen LogP) is -4.11. The van der Waals surface area contributed by atoms with Crippen LogP contribution in [0.1, 0.15) is 10.5 Å². The monoisotopic (exact) mass is 175 g/mol. The van der Waals surface area contributed by atoms with Gasteiger partial charge in [0.05, 0.1) is 11.7 Å². The molecule has 1 N–H and O–H groups in total. The number of hydrogen-bond donors (Lipinski definition) is 1. The van der Waals surface area contributed by atoms with E-state index in [1.807, 2.05) is 0 Å². The Morgan fingerprint density at radius 1 is 1.58 bits per heavy atom. The molecular formula is C6H6N3NaO2. The second-order valence-electron chi connectivity index (χ2n) is 1.83. The second-order valence-corrected chi connectivity index (χ2v) is 1.83. The van der Waals surface area contributed by atoms with Gasteiger partial charge in [-0.05, 0) is 0 Å². The molecule has 1 aromatic rings. The summed E-state index contributed by atoms with van der Waals surface area (Å²) in [6.07, 6.45) is 1.16. The molecule has 0 aromatic carbocycles. The normalized spacial score (nSPS) is 8.42. The zero-order chi connectivity index (χ0) is 8.27. The summed E-state index contributed by atoms with van der Waals surface area (Å²) in [4.78, 5) is 17.4. The number of anilines is 1. The number of nitrogens with zero attached hydrogens (tertiary/aromatic N) is 2. The van der Waals surface area contributed by atoms with Crippen molar-refractivity contribution in [3.8, 4) is 0 Å². The van der Waals surface area contributed by atoms with Crippen molar-refractivity contribution in [2.75, 3.05) is 12.4 Å². The molecule has 5 nitrogen and oxygen atoms in total. The van der Waals surface area contributed by atoms with Crippen LogP contribution in [-0.4, -0.2) is 23.0 Å². The van der Waals surface area contributed by atoms with Crippen molar-refractivity contribution in [3.05, 3.63) is 18.1 Å². The Morgan fingerprint density at radius 3 is 2.75 bits per heavy atom. The van der Waals surface area contributed by atoms with Gasteiger partial charge in [-0.1, -0.05) is 0 Å². The molecule has 0 aliphatic heterocycles. The molecule has 0 saturated carbocycles. The van der Waals surface area contributed by atoms with Gasteiger partial charge < -0.3 is 15.2 Å². The minimum Gasteiger partial charge on any atom is -0.543 e. The fourth-order valence-corrected chi connectivity index (χ4v) is 0.606. The van der Waals surface area contributed by atoms with Crippen molar-refractivity contribution in [1.29, 1.82) is 0 Å². The molecule has 0 aliphatic rings. The fourth-order valence-electron chi connectivity index (χ4n) is 0.606. The Hall–Kier alpha value is -0.650. The number of carbonyl (C=O) groups is 1. The summed E-state index contributed by atoms with van der Waals surface area (Å²) in [7, 11) is 1.64. The number of carboxylic acid groups (broad SMARTS) is 1. The number of nitrogens with one attached hydrogen (secondary N) is 1. The van der Waals surface area contributed by atoms with E-state index in [0.717, 1.165) is 6.33 Å². The molecule has 0 atom stereocenters. The van der Waals surface area contributed by atoms with E-state index in [-0.39, 0.29) is 35.3 Å². The third-order valence-electron chi connectivity index (χ3n) is 1.13. The first kappa shape index (κ1) is 11.4. The first-order valence-electron chi connectivity index (χ1n) is 2.95. The first-order valence-corrected chi connectivity index (χ1v) is 2.95. The van der Waals surface area contributed by atoms with Crippen LogP contribution >= 0.6 is 0 Å². The molecule has 0 radical (unpaired) electrons. The maximum absolute atomic E-state index is 10.2. The average molecular weight is 175 g/mol. The van der Waals surface area contributed by atoms with Gasteiger partial charge in [0.2, 0.25) is 0 Å². The predicted molar refractivity (Wildman–Crippen MR) is 35.9 cm³/mol. The molecular weight excluding hydrogens is 169 g/mol. The van der Waals surface area contributed by atoms with Crippen LogP contribution in [0.25, 0.3) is 0 Å². The molecule has 1 aromatic heterocycles. The van der Waals surface area contributed by atoms with Gasteiger partial charge in [0.15, 0.2) is 0 Å². The molecule has 1 heterocycles. The summed E-state index contributed by atoms with van der Waals surface area (Å²) < 4.78 is 0. The first-order chi connectivity index (χ1) is 5.24. The molecule has 0 aliphatic carbocycles. The molecule has 1 rings (SSSR count). The van der Waals surface area contributed by atoms with Crippen molar-refractivity contribution < 1.29 is 39.5 Å². The smallest absolute Gasteiger partial charge is 0.543 e. The standard InChI is InChI=1S/C6H7N3O2.Na/c1-7-5-2-4(6(10)11)8-3-9-5;/h2-3H,1H3,(H,10,11)(H,7,8,9);/q;+1/p-1. The van der Waals surface area contributed by atoms with Gasteiger partial charge in [-0.3, -0.25) is 0 Å². The molecule has 0 unspecified atom stereocenters. The van der Waals surface area contributed by atoms with Crippen molar-refractivity contribution in [1.82, 2.24) is 9.97 Å². The molecule has 0 spiro atoms. The van der Waals surface area contributed by atoms with Crippen LogP contribution in [0.15, 0.2) is 12.4 Å². The van der Waals surface area contributed by atoms with Gasteiger partial charge in [0, 0.05) is 13.1 Å². The Labute approximate surface area is 91.5 Å². The summed E-state index contributed by atoms with van der Waals surface area (Å²) in [5, 5.41) is 12.9. The van der Waals surface area contributed by atoms with E-state index in [2.05, 4.69) is 15.3 Å². The summed E-state index contributed by atoms with van der Waals surface area (Å²) in [6, 6.07) is 1.30. The molecule has 0 amide bonds. The molecule has 0 saturated heterocycles. The quantitative estimate of drug-likeness (QED) is 0.462. The van der Waals surface area contributed by atoms with Crippen molar-refractivity contribution >= 4 is 11.8 Å². The third-order valence-corrected chi connectivity index (χ3v) is 1.13. The van der Waals surface area contributed by atoms with E-state index < -0.39 is 5.97 Å². The minimum absolute atomic E-state index is 0. The maximum Gasteiger partial charge on any atom is 1.00 e. The zero-order valence-corrected chi connectivity index (χ0v) is 8.87. The van der Waals surface area contributed by atoms with E-state index in [4.69, 9.17) is 0 Å². The number of hydrogen-bond acceptors (Lipinski definition) is 5. The van der Waals surface area contributed by atoms with Crippen LogP contribution in [-0.2, 0) is 0 Å². The van der Waals surface area contributed by atoms with Gasteiger partial charge in [0.1, 0.15) is 12.1 Å². The van der Waals surface area contributed by atoms with Crippen LogP contribution < -0.4 is 40.0 Å². The van der Waals surface area contributed by atoms with Crippen LogP contribution in [0, 0.1) is 0 Å². The Balaban J connectivity index is 0.00000121. The SMILES string of the molecule is CNc1cc(C(=O)[O-])ncn1.[Na+]. The molecule has 0 fully saturated rings. The van der Waals surface area contributed by atoms with E-state index in [1.54, 1.807) is 7.05 Å². The average Bonchev–Trinajstić information content (AvgIpc) is 2.05. The minimum atomic E-state index is -1.30. The Bertz CT molecular complexity index is 279. The fraction of sp³-hybridized carbons (Fsp3) is 0.167. The Morgan fingerprint density at radius 2 is 2.25 bits per heavy atom. The summed E-state index contributed by atoms with van der Waals surface area (Å²) >= 11 is 0. The van der Waals surface area contributed by atoms with E-state index in [0.29, 0.717) is 5.82 Å². The van der Waals surface area contributed by atoms with E-state index in [9.17, 15) is 9.90 Å². The molecule has 6 heteroatoms. The topological polar surface area (TPSA) is 77.9 Å². The molecule has 0 bridgehead atoms. The van der Waals surface area contributed by atoms with Crippen molar-refractivity contribution in [2.24, 2.45) is 0 Å². The van der Waals surface area contributed by atoms with Gasteiger partial charge in [-0.2, -0.15) is 0 Å². The number of rotatable bonds is 2. The summed E-state index contributed by atoms with van der Waals surface area (Å²) in [5.74, 6) is -0.844. The van der Waals surface area contributed by atoms with Crippen molar-refractivity contribution in [2.45, 2.75) is 0 Å². The largest absolute Gasteiger partial charge is 1.00 e. The van der Waals surface area contributed by atoms with Gasteiger partial charge in [-0.15, -0.1) is 0 Å². The molecule has 58 valence electrons. The van der Waals surface area contributed by atoms with Crippen LogP contribution in [0.4, 0.5) is 5.82 Å². The number of carboxylic acids is 1. The number of carbonyl (C=O) groups excluding carboxylic acids is 1. The van der Waals surface area contributed by atoms with E-state index >= 15 is 0 Å². The van der Waals surface area contributed by atoms with Crippen LogP contribution in [0.2, 0.25) is 0 Å². The zero-order valence-electron chi connectivity index (χ0n) is 6.87. The number of aromatic nitrogens is 2. The van der Waals surface area contributed by atoms with E-state index in [1.165, 1.54) is 6.07 Å². The number of aromatic carboxylic acids is 1. The summed E-state index contributed by atoms with van der Waals surface area (Å²) in [6.45, 7) is 0. The van der Waals surface area contributed by atoms with Crippen LogP contribution in [0.5, 0.6) is 0 Å². The van der Waals surface area contributed by atoms with Gasteiger partial charge in [-0.25, -0.2) is 9.97 Å². The third kappa shape index (κ3) is 2.77. The second kappa shape index (κ2) is 5.08. The van der Waals surface area contributed by atoms with Crippen LogP contribution in [0.3, 0.4) is 0 Å². The van der Waals surface area contributed by atoms with Gasteiger partial charge in [0.25, 0.3) is 0 Å². The summed E-state index contributed by atoms with van der Waals surface area (Å²) in [5.41, 5.74) is -0.121. The van der Waals surface area contributed by atoms with Crippen molar-refractivity contribution in [3.63, 3.8) is 0 Å².